The zero-order chi connectivity index (χ0) is 13.8. The van der Waals surface area contributed by atoms with Gasteiger partial charge in [-0.05, 0) is 49.5 Å². The lowest BCUT2D eigenvalue weighted by Crippen LogP contribution is -2.44. The molecule has 0 radical (unpaired) electrons. The van der Waals surface area contributed by atoms with Crippen molar-refractivity contribution in [2.24, 2.45) is 11.8 Å². The van der Waals surface area contributed by atoms with Crippen LogP contribution in [0.4, 0.5) is 0 Å². The molecule has 0 aromatic heterocycles. The fourth-order valence-corrected chi connectivity index (χ4v) is 3.78. The Bertz CT molecular complexity index is 401. The maximum Gasteiger partial charge on any atom is 0.0587 e. The van der Waals surface area contributed by atoms with Crippen LogP contribution in [0.1, 0.15) is 44.1 Å². The van der Waals surface area contributed by atoms with Crippen LogP contribution in [-0.2, 0) is 6.42 Å². The van der Waals surface area contributed by atoms with Crippen molar-refractivity contribution in [3.8, 4) is 0 Å². The van der Waals surface area contributed by atoms with Crippen LogP contribution in [0.3, 0.4) is 0 Å². The van der Waals surface area contributed by atoms with Gasteiger partial charge in [0, 0.05) is 12.1 Å². The molecular formula is C18H27NO. The van der Waals surface area contributed by atoms with Crippen molar-refractivity contribution in [3.05, 3.63) is 35.9 Å². The highest BCUT2D eigenvalue weighted by Gasteiger charge is 2.34. The molecule has 2 nitrogen and oxygen atoms in total. The summed E-state index contributed by atoms with van der Waals surface area (Å²) in [7, 11) is 0. The van der Waals surface area contributed by atoms with Gasteiger partial charge in [-0.25, -0.2) is 0 Å². The molecule has 3 rings (SSSR count). The molecule has 2 heteroatoms. The minimum absolute atomic E-state index is 0.209. The smallest absolute Gasteiger partial charge is 0.0587 e. The van der Waals surface area contributed by atoms with E-state index in [1.54, 1.807) is 0 Å². The van der Waals surface area contributed by atoms with E-state index in [-0.39, 0.29) is 12.6 Å². The summed E-state index contributed by atoms with van der Waals surface area (Å²) in [6, 6.07) is 11.3. The maximum atomic E-state index is 9.64. The third-order valence-corrected chi connectivity index (χ3v) is 5.02. The summed E-state index contributed by atoms with van der Waals surface area (Å²) in [5, 5.41) is 13.4. The molecule has 2 N–H and O–H groups in total. The van der Waals surface area contributed by atoms with Crippen LogP contribution in [0.5, 0.6) is 0 Å². The van der Waals surface area contributed by atoms with Crippen LogP contribution in [0.25, 0.3) is 0 Å². The molecule has 3 atom stereocenters. The van der Waals surface area contributed by atoms with Crippen molar-refractivity contribution in [1.29, 1.82) is 0 Å². The third-order valence-electron chi connectivity index (χ3n) is 5.02. The van der Waals surface area contributed by atoms with Crippen molar-refractivity contribution >= 4 is 0 Å². The van der Waals surface area contributed by atoms with E-state index in [0.29, 0.717) is 6.04 Å². The number of benzene rings is 1. The van der Waals surface area contributed by atoms with Gasteiger partial charge in [-0.3, -0.25) is 0 Å². The number of aliphatic hydroxyl groups excluding tert-OH is 1. The molecule has 1 aromatic carbocycles. The fourth-order valence-electron chi connectivity index (χ4n) is 3.78. The minimum Gasteiger partial charge on any atom is -0.395 e. The molecule has 110 valence electrons. The highest BCUT2D eigenvalue weighted by atomic mass is 16.3. The lowest BCUT2D eigenvalue weighted by Gasteiger charge is -2.32. The zero-order valence-electron chi connectivity index (χ0n) is 12.3. The summed E-state index contributed by atoms with van der Waals surface area (Å²) in [5.74, 6) is 1.98. The Labute approximate surface area is 122 Å². The molecule has 0 saturated heterocycles. The maximum absolute atomic E-state index is 9.64. The first-order chi connectivity index (χ1) is 9.85. The first kappa shape index (κ1) is 14.1. The lowest BCUT2D eigenvalue weighted by atomic mass is 9.82. The standard InChI is InChI=1S/C18H27NO/c20-13-18(11-14-5-2-1-3-6-14)19-17-8-4-7-16(12-17)15-9-10-15/h1-3,5-6,15-20H,4,7-13H2/t16?,17?,18-/m1/s1. The summed E-state index contributed by atoms with van der Waals surface area (Å²) in [6.45, 7) is 0.236. The highest BCUT2D eigenvalue weighted by Crippen LogP contribution is 2.43. The van der Waals surface area contributed by atoms with Gasteiger partial charge in [-0.1, -0.05) is 43.2 Å². The number of rotatable bonds is 6. The van der Waals surface area contributed by atoms with E-state index < -0.39 is 0 Å². The Morgan fingerprint density at radius 3 is 2.55 bits per heavy atom. The third kappa shape index (κ3) is 3.83. The Morgan fingerprint density at radius 1 is 1.05 bits per heavy atom. The van der Waals surface area contributed by atoms with E-state index in [2.05, 4.69) is 29.6 Å². The summed E-state index contributed by atoms with van der Waals surface area (Å²) < 4.78 is 0. The van der Waals surface area contributed by atoms with Gasteiger partial charge in [-0.2, -0.15) is 0 Å². The van der Waals surface area contributed by atoms with Gasteiger partial charge >= 0.3 is 0 Å². The van der Waals surface area contributed by atoms with Crippen molar-refractivity contribution in [1.82, 2.24) is 5.32 Å². The molecule has 0 aliphatic heterocycles. The lowest BCUT2D eigenvalue weighted by molar-refractivity contribution is 0.196. The molecule has 2 saturated carbocycles. The minimum atomic E-state index is 0.209. The van der Waals surface area contributed by atoms with Crippen molar-refractivity contribution in [2.45, 2.75) is 57.0 Å². The van der Waals surface area contributed by atoms with Gasteiger partial charge in [-0.15, -0.1) is 0 Å². The van der Waals surface area contributed by atoms with E-state index in [1.807, 2.05) is 6.07 Å². The Kier molecular flexibility index (Phi) is 4.74. The molecule has 1 aromatic rings. The molecule has 0 bridgehead atoms. The van der Waals surface area contributed by atoms with E-state index in [4.69, 9.17) is 0 Å². The van der Waals surface area contributed by atoms with Crippen LogP contribution in [-0.4, -0.2) is 23.8 Å². The number of nitrogens with one attached hydrogen (secondary N) is 1. The Morgan fingerprint density at radius 2 is 1.85 bits per heavy atom. The average molecular weight is 273 g/mol. The first-order valence-corrected chi connectivity index (χ1v) is 8.26. The van der Waals surface area contributed by atoms with Crippen molar-refractivity contribution in [2.75, 3.05) is 6.61 Å². The van der Waals surface area contributed by atoms with Crippen LogP contribution < -0.4 is 5.32 Å². The normalized spacial score (nSPS) is 28.2. The Hall–Kier alpha value is -0.860. The highest BCUT2D eigenvalue weighted by molar-refractivity contribution is 5.16. The van der Waals surface area contributed by atoms with E-state index in [1.165, 1.54) is 44.1 Å². The molecule has 2 fully saturated rings. The van der Waals surface area contributed by atoms with Gasteiger partial charge in [0.1, 0.15) is 0 Å². The van der Waals surface area contributed by atoms with E-state index in [0.717, 1.165) is 18.3 Å². The first-order valence-electron chi connectivity index (χ1n) is 8.26. The molecular weight excluding hydrogens is 246 g/mol. The monoisotopic (exact) mass is 273 g/mol. The predicted octanol–water partition coefficient (Wildman–Crippen LogP) is 3.15. The second-order valence-corrected chi connectivity index (χ2v) is 6.70. The molecule has 0 spiro atoms. The van der Waals surface area contributed by atoms with Crippen LogP contribution in [0, 0.1) is 11.8 Å². The van der Waals surface area contributed by atoms with Crippen LogP contribution >= 0.6 is 0 Å². The van der Waals surface area contributed by atoms with Gasteiger partial charge in [0.05, 0.1) is 6.61 Å². The summed E-state index contributed by atoms with van der Waals surface area (Å²) >= 11 is 0. The van der Waals surface area contributed by atoms with E-state index >= 15 is 0 Å². The topological polar surface area (TPSA) is 32.3 Å². The summed E-state index contributed by atoms with van der Waals surface area (Å²) in [6.07, 6.45) is 9.27. The van der Waals surface area contributed by atoms with Gasteiger partial charge in [0.15, 0.2) is 0 Å². The molecule has 20 heavy (non-hydrogen) atoms. The number of hydrogen-bond acceptors (Lipinski definition) is 2. The zero-order valence-corrected chi connectivity index (χ0v) is 12.3. The quantitative estimate of drug-likeness (QED) is 0.834. The summed E-state index contributed by atoms with van der Waals surface area (Å²) in [4.78, 5) is 0. The van der Waals surface area contributed by atoms with E-state index in [9.17, 15) is 5.11 Å². The molecule has 0 heterocycles. The molecule has 2 aliphatic carbocycles. The Balaban J connectivity index is 1.51. The van der Waals surface area contributed by atoms with Crippen LogP contribution in [0.15, 0.2) is 30.3 Å². The molecule has 0 amide bonds. The molecule has 2 aliphatic rings. The second kappa shape index (κ2) is 6.73. The molecule has 2 unspecified atom stereocenters. The number of hydrogen-bond donors (Lipinski definition) is 2. The van der Waals surface area contributed by atoms with Crippen molar-refractivity contribution < 1.29 is 5.11 Å². The van der Waals surface area contributed by atoms with Gasteiger partial charge < -0.3 is 10.4 Å². The summed E-state index contributed by atoms with van der Waals surface area (Å²) in [5.41, 5.74) is 1.31. The van der Waals surface area contributed by atoms with Gasteiger partial charge in [0.2, 0.25) is 0 Å². The van der Waals surface area contributed by atoms with Gasteiger partial charge in [0.25, 0.3) is 0 Å². The predicted molar refractivity (Wildman–Crippen MR) is 82.6 cm³/mol. The number of aliphatic hydroxyl groups is 1. The van der Waals surface area contributed by atoms with Crippen LogP contribution in [0.2, 0.25) is 0 Å². The largest absolute Gasteiger partial charge is 0.395 e. The SMILES string of the molecule is OC[C@@H](Cc1ccccc1)NC1CCCC(C2CC2)C1. The van der Waals surface area contributed by atoms with Crippen molar-refractivity contribution in [3.63, 3.8) is 0 Å². The fraction of sp³-hybridized carbons (Fsp3) is 0.667. The second-order valence-electron chi connectivity index (χ2n) is 6.70. The average Bonchev–Trinajstić information content (AvgIpc) is 3.33.